The number of carbonyl (C=O) groups excluding carboxylic acids is 1. The molecule has 0 spiro atoms. The summed E-state index contributed by atoms with van der Waals surface area (Å²) in [6.45, 7) is 0. The summed E-state index contributed by atoms with van der Waals surface area (Å²) in [6.07, 6.45) is 0. The van der Waals surface area contributed by atoms with Crippen molar-refractivity contribution in [1.82, 2.24) is 0 Å². The first-order valence-corrected chi connectivity index (χ1v) is 6.62. The van der Waals surface area contributed by atoms with Gasteiger partial charge in [-0.3, -0.25) is 14.9 Å². The van der Waals surface area contributed by atoms with Crippen LogP contribution < -0.4 is 4.90 Å². The molecule has 2 rings (SSSR count). The van der Waals surface area contributed by atoms with E-state index in [0.717, 1.165) is 0 Å². The van der Waals surface area contributed by atoms with Crippen LogP contribution in [0.4, 0.5) is 11.4 Å². The van der Waals surface area contributed by atoms with Gasteiger partial charge in [0.15, 0.2) is 0 Å². The fraction of sp³-hybridized carbons (Fsp3) is 0.0714. The number of halogens is 2. The predicted octanol–water partition coefficient (Wildman–Crippen LogP) is 4.18. The predicted molar refractivity (Wildman–Crippen MR) is 82.3 cm³/mol. The van der Waals surface area contributed by atoms with E-state index in [1.54, 1.807) is 6.07 Å². The average molecular weight is 325 g/mol. The highest BCUT2D eigenvalue weighted by Crippen LogP contribution is 2.24. The minimum Gasteiger partial charge on any atom is -0.311 e. The van der Waals surface area contributed by atoms with Crippen molar-refractivity contribution in [3.63, 3.8) is 0 Å². The number of nitro groups is 1. The molecular formula is C14H10Cl2N2O3. The maximum absolute atomic E-state index is 12.4. The Labute approximate surface area is 130 Å². The Kier molecular flexibility index (Phi) is 4.45. The molecule has 21 heavy (non-hydrogen) atoms. The zero-order valence-corrected chi connectivity index (χ0v) is 12.4. The van der Waals surface area contributed by atoms with Crippen molar-refractivity contribution in [3.8, 4) is 0 Å². The highest BCUT2D eigenvalue weighted by molar-refractivity contribution is 6.35. The summed E-state index contributed by atoms with van der Waals surface area (Å²) < 4.78 is 0. The first-order valence-electron chi connectivity index (χ1n) is 5.87. The maximum atomic E-state index is 12.4. The van der Waals surface area contributed by atoms with Crippen molar-refractivity contribution in [2.45, 2.75) is 0 Å². The fourth-order valence-electron chi connectivity index (χ4n) is 1.80. The van der Waals surface area contributed by atoms with Gasteiger partial charge in [0.05, 0.1) is 10.6 Å². The van der Waals surface area contributed by atoms with Crippen LogP contribution in [0.25, 0.3) is 0 Å². The van der Waals surface area contributed by atoms with Gasteiger partial charge in [-0.05, 0) is 24.3 Å². The van der Waals surface area contributed by atoms with Gasteiger partial charge < -0.3 is 4.90 Å². The summed E-state index contributed by atoms with van der Waals surface area (Å²) in [6, 6.07) is 10.3. The number of nitro benzene ring substituents is 1. The topological polar surface area (TPSA) is 63.5 Å². The molecule has 0 aliphatic carbocycles. The van der Waals surface area contributed by atoms with Crippen LogP contribution >= 0.6 is 23.2 Å². The standard InChI is InChI=1S/C14H10Cl2N2O3/c1-17(12-3-2-4-13(8-12)18(20)21)14(19)9-5-10(15)7-11(16)6-9/h2-8H,1H3. The van der Waals surface area contributed by atoms with Gasteiger partial charge in [-0.25, -0.2) is 0 Å². The first-order chi connectivity index (χ1) is 9.88. The lowest BCUT2D eigenvalue weighted by atomic mass is 10.2. The van der Waals surface area contributed by atoms with Gasteiger partial charge in [-0.2, -0.15) is 0 Å². The van der Waals surface area contributed by atoms with E-state index in [1.807, 2.05) is 0 Å². The van der Waals surface area contributed by atoms with Crippen molar-refractivity contribution >= 4 is 40.5 Å². The van der Waals surface area contributed by atoms with Crippen LogP contribution in [-0.2, 0) is 0 Å². The number of anilines is 1. The molecule has 0 saturated heterocycles. The third-order valence-electron chi connectivity index (χ3n) is 2.84. The average Bonchev–Trinajstić information content (AvgIpc) is 2.44. The minimum absolute atomic E-state index is 0.0868. The number of hydrogen-bond acceptors (Lipinski definition) is 3. The third kappa shape index (κ3) is 3.51. The Morgan fingerprint density at radius 3 is 2.33 bits per heavy atom. The van der Waals surface area contributed by atoms with Crippen LogP contribution in [0.1, 0.15) is 10.4 Å². The molecule has 0 unspecified atom stereocenters. The van der Waals surface area contributed by atoms with Crippen molar-refractivity contribution in [1.29, 1.82) is 0 Å². The minimum atomic E-state index is -0.516. The highest BCUT2D eigenvalue weighted by Gasteiger charge is 2.17. The SMILES string of the molecule is CN(C(=O)c1cc(Cl)cc(Cl)c1)c1cccc([N+](=O)[O-])c1. The van der Waals surface area contributed by atoms with Gasteiger partial charge in [0.2, 0.25) is 0 Å². The van der Waals surface area contributed by atoms with E-state index in [1.165, 1.54) is 48.3 Å². The molecule has 1 amide bonds. The summed E-state index contributed by atoms with van der Waals surface area (Å²) in [5.74, 6) is -0.361. The molecular weight excluding hydrogens is 315 g/mol. The normalized spacial score (nSPS) is 10.2. The molecule has 0 heterocycles. The number of rotatable bonds is 3. The quantitative estimate of drug-likeness (QED) is 0.628. The molecule has 0 atom stereocenters. The third-order valence-corrected chi connectivity index (χ3v) is 3.28. The number of carbonyl (C=O) groups is 1. The number of amides is 1. The molecule has 108 valence electrons. The summed E-state index contributed by atoms with van der Waals surface area (Å²) in [4.78, 5) is 23.9. The molecule has 2 aromatic rings. The van der Waals surface area contributed by atoms with Crippen LogP contribution in [0.2, 0.25) is 10.0 Å². The number of benzene rings is 2. The van der Waals surface area contributed by atoms with Crippen LogP contribution in [0.15, 0.2) is 42.5 Å². The zero-order chi connectivity index (χ0) is 15.6. The van der Waals surface area contributed by atoms with Crippen molar-refractivity contribution < 1.29 is 9.72 Å². The lowest BCUT2D eigenvalue weighted by Crippen LogP contribution is -2.26. The van der Waals surface area contributed by atoms with Gasteiger partial charge in [0.25, 0.3) is 11.6 Å². The van der Waals surface area contributed by atoms with Gasteiger partial charge in [-0.15, -0.1) is 0 Å². The smallest absolute Gasteiger partial charge is 0.271 e. The Balaban J connectivity index is 2.34. The molecule has 0 aromatic heterocycles. The Bertz CT molecular complexity index is 699. The molecule has 0 saturated carbocycles. The van der Waals surface area contributed by atoms with Crippen molar-refractivity contribution in [2.75, 3.05) is 11.9 Å². The summed E-state index contributed by atoms with van der Waals surface area (Å²) in [5, 5.41) is 11.5. The molecule has 0 aliphatic rings. The van der Waals surface area contributed by atoms with E-state index in [0.29, 0.717) is 21.3 Å². The van der Waals surface area contributed by atoms with E-state index < -0.39 is 4.92 Å². The summed E-state index contributed by atoms with van der Waals surface area (Å²) in [7, 11) is 1.52. The molecule has 0 N–H and O–H groups in total. The molecule has 0 bridgehead atoms. The van der Waals surface area contributed by atoms with E-state index in [-0.39, 0.29) is 11.6 Å². The first kappa shape index (κ1) is 15.3. The van der Waals surface area contributed by atoms with Crippen LogP contribution in [0.5, 0.6) is 0 Å². The molecule has 0 aliphatic heterocycles. The number of nitrogens with zero attached hydrogens (tertiary/aromatic N) is 2. The Morgan fingerprint density at radius 1 is 1.14 bits per heavy atom. The molecule has 7 heteroatoms. The van der Waals surface area contributed by atoms with Gasteiger partial charge in [0.1, 0.15) is 0 Å². The van der Waals surface area contributed by atoms with Crippen LogP contribution in [-0.4, -0.2) is 17.9 Å². The molecule has 0 fully saturated rings. The van der Waals surface area contributed by atoms with E-state index in [9.17, 15) is 14.9 Å². The summed E-state index contributed by atoms with van der Waals surface area (Å²) in [5.41, 5.74) is 0.628. The maximum Gasteiger partial charge on any atom is 0.271 e. The van der Waals surface area contributed by atoms with Gasteiger partial charge in [-0.1, -0.05) is 29.3 Å². The second kappa shape index (κ2) is 6.11. The molecule has 0 radical (unpaired) electrons. The van der Waals surface area contributed by atoms with E-state index >= 15 is 0 Å². The van der Waals surface area contributed by atoms with Crippen LogP contribution in [0, 0.1) is 10.1 Å². The zero-order valence-electron chi connectivity index (χ0n) is 10.9. The van der Waals surface area contributed by atoms with E-state index in [2.05, 4.69) is 0 Å². The monoisotopic (exact) mass is 324 g/mol. The van der Waals surface area contributed by atoms with Crippen LogP contribution in [0.3, 0.4) is 0 Å². The fourth-order valence-corrected chi connectivity index (χ4v) is 2.33. The lowest BCUT2D eigenvalue weighted by molar-refractivity contribution is -0.384. The Morgan fingerprint density at radius 2 is 1.76 bits per heavy atom. The summed E-state index contributed by atoms with van der Waals surface area (Å²) >= 11 is 11.7. The molecule has 5 nitrogen and oxygen atoms in total. The highest BCUT2D eigenvalue weighted by atomic mass is 35.5. The lowest BCUT2D eigenvalue weighted by Gasteiger charge is -2.17. The number of non-ortho nitro benzene ring substituents is 1. The van der Waals surface area contributed by atoms with Crippen molar-refractivity contribution in [2.24, 2.45) is 0 Å². The van der Waals surface area contributed by atoms with Crippen molar-refractivity contribution in [3.05, 3.63) is 68.2 Å². The molecule has 2 aromatic carbocycles. The van der Waals surface area contributed by atoms with Gasteiger partial charge in [0, 0.05) is 34.8 Å². The second-order valence-corrected chi connectivity index (χ2v) is 5.17. The second-order valence-electron chi connectivity index (χ2n) is 4.30. The number of hydrogen-bond donors (Lipinski definition) is 0. The van der Waals surface area contributed by atoms with E-state index in [4.69, 9.17) is 23.2 Å². The Hall–Kier alpha value is -2.11. The largest absolute Gasteiger partial charge is 0.311 e. The van der Waals surface area contributed by atoms with Gasteiger partial charge >= 0.3 is 0 Å².